The number of hydrogen-bond acceptors (Lipinski definition) is 2. The third-order valence-corrected chi connectivity index (χ3v) is 5.79. The zero-order valence-electron chi connectivity index (χ0n) is 16.1. The Labute approximate surface area is 169 Å². The second-order valence-corrected chi connectivity index (χ2v) is 7.55. The highest BCUT2D eigenvalue weighted by Gasteiger charge is 2.28. The lowest BCUT2D eigenvalue weighted by Crippen LogP contribution is -2.49. The van der Waals surface area contributed by atoms with E-state index in [1.807, 2.05) is 47.9 Å². The molecule has 1 aliphatic heterocycles. The maximum atomic E-state index is 14.1. The Balaban J connectivity index is 1.59. The van der Waals surface area contributed by atoms with Crippen LogP contribution < -0.4 is 4.90 Å². The number of para-hydroxylation sites is 1. The second kappa shape index (κ2) is 7.47. The van der Waals surface area contributed by atoms with Gasteiger partial charge in [0.1, 0.15) is 11.5 Å². The van der Waals surface area contributed by atoms with Crippen molar-refractivity contribution in [2.45, 2.75) is 20.4 Å². The molecule has 2 aromatic carbocycles. The summed E-state index contributed by atoms with van der Waals surface area (Å²) in [5.41, 5.74) is 3.31. The van der Waals surface area contributed by atoms with Crippen molar-refractivity contribution >= 4 is 34.1 Å². The van der Waals surface area contributed by atoms with E-state index in [1.54, 1.807) is 12.1 Å². The van der Waals surface area contributed by atoms with E-state index in [2.05, 4.69) is 4.57 Å². The van der Waals surface area contributed by atoms with Crippen molar-refractivity contribution in [3.63, 3.8) is 0 Å². The standard InChI is InChI=1S/C22H23ClFN3O/c1-3-27-19-9-8-16(23)14-17(19)15(2)21(27)22(28)26-12-10-25(11-13-26)20-7-5-4-6-18(20)24/h4-9,14H,3,10-13H2,1-2H3. The molecule has 0 saturated carbocycles. The third kappa shape index (κ3) is 3.14. The lowest BCUT2D eigenvalue weighted by molar-refractivity contribution is 0.0735. The normalized spacial score (nSPS) is 14.7. The number of aryl methyl sites for hydroxylation is 2. The molecule has 0 spiro atoms. The zero-order valence-corrected chi connectivity index (χ0v) is 16.8. The van der Waals surface area contributed by atoms with Gasteiger partial charge in [-0.2, -0.15) is 0 Å². The molecule has 0 radical (unpaired) electrons. The van der Waals surface area contributed by atoms with E-state index in [0.717, 1.165) is 22.2 Å². The predicted molar refractivity (Wildman–Crippen MR) is 112 cm³/mol. The minimum absolute atomic E-state index is 0.0276. The average Bonchev–Trinajstić information content (AvgIpc) is 2.99. The van der Waals surface area contributed by atoms with E-state index in [-0.39, 0.29) is 11.7 Å². The summed E-state index contributed by atoms with van der Waals surface area (Å²) < 4.78 is 16.1. The van der Waals surface area contributed by atoms with E-state index in [0.29, 0.717) is 43.4 Å². The highest BCUT2D eigenvalue weighted by atomic mass is 35.5. The van der Waals surface area contributed by atoms with E-state index >= 15 is 0 Å². The van der Waals surface area contributed by atoms with Crippen molar-refractivity contribution in [3.05, 3.63) is 64.6 Å². The monoisotopic (exact) mass is 399 g/mol. The quantitative estimate of drug-likeness (QED) is 0.637. The number of carbonyl (C=O) groups is 1. The predicted octanol–water partition coefficient (Wildman–Crippen LogP) is 4.72. The van der Waals surface area contributed by atoms with Gasteiger partial charge < -0.3 is 14.4 Å². The van der Waals surface area contributed by atoms with Crippen LogP contribution in [0.2, 0.25) is 5.02 Å². The zero-order chi connectivity index (χ0) is 19.8. The number of amides is 1. The number of nitrogens with zero attached hydrogens (tertiary/aromatic N) is 3. The summed E-state index contributed by atoms with van der Waals surface area (Å²) in [4.78, 5) is 17.2. The van der Waals surface area contributed by atoms with E-state index < -0.39 is 0 Å². The van der Waals surface area contributed by atoms with Crippen molar-refractivity contribution in [2.24, 2.45) is 0 Å². The number of piperazine rings is 1. The minimum atomic E-state index is -0.221. The van der Waals surface area contributed by atoms with E-state index in [9.17, 15) is 9.18 Å². The van der Waals surface area contributed by atoms with Gasteiger partial charge in [0.2, 0.25) is 0 Å². The first-order chi connectivity index (χ1) is 13.5. The number of benzene rings is 2. The number of fused-ring (bicyclic) bond motifs is 1. The summed E-state index contributed by atoms with van der Waals surface area (Å²) in [7, 11) is 0. The molecule has 0 aliphatic carbocycles. The summed E-state index contributed by atoms with van der Waals surface area (Å²) >= 11 is 6.17. The van der Waals surface area contributed by atoms with Crippen molar-refractivity contribution in [1.82, 2.24) is 9.47 Å². The largest absolute Gasteiger partial charge is 0.366 e. The molecule has 1 amide bonds. The number of hydrogen-bond donors (Lipinski definition) is 0. The first-order valence-corrected chi connectivity index (χ1v) is 9.96. The first kappa shape index (κ1) is 18.8. The highest BCUT2D eigenvalue weighted by molar-refractivity contribution is 6.31. The van der Waals surface area contributed by atoms with Gasteiger partial charge in [-0.05, 0) is 49.7 Å². The fourth-order valence-corrected chi connectivity index (χ4v) is 4.28. The molecule has 4 rings (SSSR count). The number of aromatic nitrogens is 1. The van der Waals surface area contributed by atoms with Crippen LogP contribution >= 0.6 is 11.6 Å². The van der Waals surface area contributed by atoms with Crippen molar-refractivity contribution < 1.29 is 9.18 Å². The summed E-state index contributed by atoms with van der Waals surface area (Å²) in [6.45, 7) is 7.10. The molecule has 0 bridgehead atoms. The summed E-state index contributed by atoms with van der Waals surface area (Å²) in [6, 6.07) is 12.5. The SMILES string of the molecule is CCn1c(C(=O)N2CCN(c3ccccc3F)CC2)c(C)c2cc(Cl)ccc21. The molecule has 0 unspecified atom stereocenters. The summed E-state index contributed by atoms with van der Waals surface area (Å²) in [5.74, 6) is -0.194. The van der Waals surface area contributed by atoms with Crippen molar-refractivity contribution in [3.8, 4) is 0 Å². The Hall–Kier alpha value is -2.53. The molecule has 146 valence electrons. The molecular formula is C22H23ClFN3O. The lowest BCUT2D eigenvalue weighted by atomic mass is 10.1. The van der Waals surface area contributed by atoms with Gasteiger partial charge in [-0.3, -0.25) is 4.79 Å². The Morgan fingerprint density at radius 2 is 1.82 bits per heavy atom. The number of halogens is 2. The van der Waals surface area contributed by atoms with Crippen LogP contribution in [0.3, 0.4) is 0 Å². The van der Waals surface area contributed by atoms with Gasteiger partial charge in [0.05, 0.1) is 5.69 Å². The van der Waals surface area contributed by atoms with Crippen LogP contribution in [-0.4, -0.2) is 41.6 Å². The van der Waals surface area contributed by atoms with Crippen LogP contribution in [0.25, 0.3) is 10.9 Å². The molecule has 4 nitrogen and oxygen atoms in total. The van der Waals surface area contributed by atoms with Crippen LogP contribution in [-0.2, 0) is 6.54 Å². The van der Waals surface area contributed by atoms with Gasteiger partial charge in [0, 0.05) is 48.6 Å². The number of carbonyl (C=O) groups excluding carboxylic acids is 1. The van der Waals surface area contributed by atoms with Gasteiger partial charge in [0.25, 0.3) is 5.91 Å². The van der Waals surface area contributed by atoms with E-state index in [4.69, 9.17) is 11.6 Å². The molecule has 28 heavy (non-hydrogen) atoms. The Morgan fingerprint density at radius 1 is 1.11 bits per heavy atom. The molecule has 1 aliphatic rings. The molecule has 1 aromatic heterocycles. The minimum Gasteiger partial charge on any atom is -0.366 e. The van der Waals surface area contributed by atoms with Crippen molar-refractivity contribution in [1.29, 1.82) is 0 Å². The molecule has 0 N–H and O–H groups in total. The Morgan fingerprint density at radius 3 is 2.50 bits per heavy atom. The van der Waals surface area contributed by atoms with Crippen LogP contribution in [0.15, 0.2) is 42.5 Å². The Kier molecular flexibility index (Phi) is 5.02. The molecule has 1 saturated heterocycles. The number of anilines is 1. The topological polar surface area (TPSA) is 28.5 Å². The number of rotatable bonds is 3. The fourth-order valence-electron chi connectivity index (χ4n) is 4.11. The summed E-state index contributed by atoms with van der Waals surface area (Å²) in [6.07, 6.45) is 0. The highest BCUT2D eigenvalue weighted by Crippen LogP contribution is 2.30. The molecule has 3 aromatic rings. The second-order valence-electron chi connectivity index (χ2n) is 7.11. The average molecular weight is 400 g/mol. The Bertz CT molecular complexity index is 1040. The smallest absolute Gasteiger partial charge is 0.270 e. The molecule has 2 heterocycles. The first-order valence-electron chi connectivity index (χ1n) is 9.58. The van der Waals surface area contributed by atoms with Crippen molar-refractivity contribution in [2.75, 3.05) is 31.1 Å². The molecule has 0 atom stereocenters. The third-order valence-electron chi connectivity index (χ3n) is 5.56. The van der Waals surface area contributed by atoms with Gasteiger partial charge >= 0.3 is 0 Å². The van der Waals surface area contributed by atoms with Crippen LogP contribution in [0, 0.1) is 12.7 Å². The van der Waals surface area contributed by atoms with Gasteiger partial charge in [-0.1, -0.05) is 23.7 Å². The van der Waals surface area contributed by atoms with Gasteiger partial charge in [-0.15, -0.1) is 0 Å². The van der Waals surface area contributed by atoms with Crippen LogP contribution in [0.4, 0.5) is 10.1 Å². The molecule has 1 fully saturated rings. The van der Waals surface area contributed by atoms with Crippen LogP contribution in [0.1, 0.15) is 23.0 Å². The fraction of sp³-hybridized carbons (Fsp3) is 0.318. The maximum absolute atomic E-state index is 14.1. The van der Waals surface area contributed by atoms with E-state index in [1.165, 1.54) is 6.07 Å². The molecular weight excluding hydrogens is 377 g/mol. The van der Waals surface area contributed by atoms with Gasteiger partial charge in [-0.25, -0.2) is 4.39 Å². The van der Waals surface area contributed by atoms with Gasteiger partial charge in [0.15, 0.2) is 0 Å². The van der Waals surface area contributed by atoms with Crippen LogP contribution in [0.5, 0.6) is 0 Å². The summed E-state index contributed by atoms with van der Waals surface area (Å²) in [5, 5.41) is 1.68. The maximum Gasteiger partial charge on any atom is 0.270 e. The lowest BCUT2D eigenvalue weighted by Gasteiger charge is -2.36. The molecule has 6 heteroatoms.